The number of hydrogen-bond donors (Lipinski definition) is 0. The molecular formula is C23H39F3O5SSn. The van der Waals surface area contributed by atoms with E-state index in [0.717, 1.165) is 0 Å². The number of ether oxygens (including phenoxy) is 2. The van der Waals surface area contributed by atoms with Crippen LogP contribution in [-0.4, -0.2) is 51.3 Å². The van der Waals surface area contributed by atoms with Crippen molar-refractivity contribution in [1.82, 2.24) is 0 Å². The topological polar surface area (TPSA) is 61.8 Å². The van der Waals surface area contributed by atoms with Crippen molar-refractivity contribution in [3.8, 4) is 0 Å². The molecule has 0 unspecified atom stereocenters. The Balaban J connectivity index is 2.49. The average Bonchev–Trinajstić information content (AvgIpc) is 2.73. The zero-order valence-electron chi connectivity index (χ0n) is 21.1. The predicted octanol–water partition coefficient (Wildman–Crippen LogP) is 6.55. The second kappa shape index (κ2) is 9.65. The maximum absolute atomic E-state index is 13.2. The maximum atomic E-state index is 13.2. The summed E-state index contributed by atoms with van der Waals surface area (Å²) in [5, 5.41) is 0. The molecule has 0 aromatic carbocycles. The van der Waals surface area contributed by atoms with E-state index in [4.69, 9.17) is 13.7 Å². The molecule has 0 amide bonds. The van der Waals surface area contributed by atoms with E-state index in [1.54, 1.807) is 6.92 Å². The van der Waals surface area contributed by atoms with Gasteiger partial charge in [0, 0.05) is 0 Å². The monoisotopic (exact) mass is 604 g/mol. The second-order valence-corrected chi connectivity index (χ2v) is 27.8. The molecule has 5 nitrogen and oxygen atoms in total. The van der Waals surface area contributed by atoms with Gasteiger partial charge in [-0.25, -0.2) is 0 Å². The van der Waals surface area contributed by atoms with Crippen LogP contribution in [0, 0.1) is 16.7 Å². The summed E-state index contributed by atoms with van der Waals surface area (Å²) in [7, 11) is -5.79. The van der Waals surface area contributed by atoms with Crippen LogP contribution in [-0.2, 0) is 23.8 Å². The molecule has 1 fully saturated rings. The van der Waals surface area contributed by atoms with Crippen molar-refractivity contribution in [3.63, 3.8) is 0 Å². The third kappa shape index (κ3) is 7.13. The number of alkyl halides is 3. The van der Waals surface area contributed by atoms with Crippen LogP contribution in [0.1, 0.15) is 60.3 Å². The van der Waals surface area contributed by atoms with Gasteiger partial charge in [0.15, 0.2) is 0 Å². The van der Waals surface area contributed by atoms with Gasteiger partial charge in [0.2, 0.25) is 0 Å². The molecule has 0 aromatic heterocycles. The summed E-state index contributed by atoms with van der Waals surface area (Å²) in [6, 6.07) is 0. The fourth-order valence-corrected chi connectivity index (χ4v) is 12.2. The third-order valence-corrected chi connectivity index (χ3v) is 14.4. The fourth-order valence-electron chi connectivity index (χ4n) is 4.64. The molecule has 1 saturated heterocycles. The van der Waals surface area contributed by atoms with E-state index >= 15 is 0 Å². The molecule has 33 heavy (non-hydrogen) atoms. The second-order valence-electron chi connectivity index (χ2n) is 11.7. The molecule has 10 heteroatoms. The Bertz CT molecular complexity index is 875. The average molecular weight is 603 g/mol. The first kappa shape index (κ1) is 29.0. The molecular weight excluding hydrogens is 564 g/mol. The van der Waals surface area contributed by atoms with Crippen LogP contribution in [0.4, 0.5) is 13.2 Å². The van der Waals surface area contributed by atoms with Crippen LogP contribution in [0.3, 0.4) is 0 Å². The van der Waals surface area contributed by atoms with Gasteiger partial charge >= 0.3 is 202 Å². The Morgan fingerprint density at radius 2 is 1.73 bits per heavy atom. The van der Waals surface area contributed by atoms with E-state index in [-0.39, 0.29) is 24.0 Å². The molecule has 1 aliphatic carbocycles. The number of halogens is 3. The van der Waals surface area contributed by atoms with Gasteiger partial charge in [-0.3, -0.25) is 0 Å². The van der Waals surface area contributed by atoms with E-state index in [0.29, 0.717) is 32.0 Å². The quantitative estimate of drug-likeness (QED) is 0.196. The standard InChI is InChI=1S/C20H30F3O5S.3CH3.Sn/c1-15(2)8-6-10-18(5)12-19(26-13-17(3,4)14-27-19)11-7-9-16(18)28-29(24,25)20(21,22)23;;;;/h6,9,15H,7,10-14H2,1-5H3;3*1H3;/t18-;;;;/m1..../s1. The normalized spacial score (nSPS) is 26.8. The van der Waals surface area contributed by atoms with Gasteiger partial charge in [0.1, 0.15) is 0 Å². The Hall–Kier alpha value is -0.261. The van der Waals surface area contributed by atoms with Crippen molar-refractivity contribution >= 4 is 28.5 Å². The van der Waals surface area contributed by atoms with Crippen molar-refractivity contribution in [2.75, 3.05) is 13.2 Å². The molecule has 1 heterocycles. The van der Waals surface area contributed by atoms with Crippen LogP contribution in [0.2, 0.25) is 14.8 Å². The molecule has 0 aromatic rings. The summed E-state index contributed by atoms with van der Waals surface area (Å²) >= 11 is -2.50. The first-order valence-electron chi connectivity index (χ1n) is 11.4. The molecule has 192 valence electrons. The van der Waals surface area contributed by atoms with E-state index < -0.39 is 45.2 Å². The van der Waals surface area contributed by atoms with Gasteiger partial charge < -0.3 is 0 Å². The Labute approximate surface area is 201 Å². The van der Waals surface area contributed by atoms with Gasteiger partial charge in [-0.05, 0) is 0 Å². The van der Waals surface area contributed by atoms with E-state index in [9.17, 15) is 21.6 Å². The van der Waals surface area contributed by atoms with Crippen LogP contribution >= 0.6 is 0 Å². The van der Waals surface area contributed by atoms with Crippen molar-refractivity contribution in [2.24, 2.45) is 16.7 Å². The van der Waals surface area contributed by atoms with Gasteiger partial charge in [-0.15, -0.1) is 0 Å². The summed E-state index contributed by atoms with van der Waals surface area (Å²) < 4.78 is 81.8. The minimum atomic E-state index is -5.79. The molecule has 0 bridgehead atoms. The number of allylic oxidation sites excluding steroid dienone is 4. The van der Waals surface area contributed by atoms with Crippen LogP contribution in [0.5, 0.6) is 0 Å². The van der Waals surface area contributed by atoms with Gasteiger partial charge in [0.25, 0.3) is 0 Å². The molecule has 1 atom stereocenters. The molecule has 2 aliphatic rings. The molecule has 0 radical (unpaired) electrons. The van der Waals surface area contributed by atoms with Crippen molar-refractivity contribution in [2.45, 2.75) is 86.4 Å². The molecule has 2 rings (SSSR count). The summed E-state index contributed by atoms with van der Waals surface area (Å²) in [4.78, 5) is 6.86. The molecule has 1 spiro atoms. The van der Waals surface area contributed by atoms with Crippen molar-refractivity contribution in [1.29, 1.82) is 0 Å². The first-order valence-corrected chi connectivity index (χ1v) is 22.8. The summed E-state index contributed by atoms with van der Waals surface area (Å²) in [5.41, 5.74) is -6.72. The number of rotatable bonds is 6. The molecule has 0 saturated carbocycles. The Morgan fingerprint density at radius 1 is 1.18 bits per heavy atom. The summed E-state index contributed by atoms with van der Waals surface area (Å²) in [5.74, 6) is -0.873. The SMILES string of the molecule is CC(C)/[C](=C/C[C@]1(C)CC2(CCC=C1OS(=O)(=O)C(F)(F)F)OCC(C)(C)CO2)[Sn]([CH3])([CH3])[CH3]. The predicted molar refractivity (Wildman–Crippen MR) is 125 cm³/mol. The van der Waals surface area contributed by atoms with E-state index in [1.165, 1.54) is 9.67 Å². The van der Waals surface area contributed by atoms with Crippen molar-refractivity contribution < 1.29 is 35.2 Å². The summed E-state index contributed by atoms with van der Waals surface area (Å²) in [6.45, 7) is 10.9. The third-order valence-electron chi connectivity index (χ3n) is 6.30. The first-order chi connectivity index (χ1) is 14.7. The summed E-state index contributed by atoms with van der Waals surface area (Å²) in [6.07, 6.45) is 4.81. The van der Waals surface area contributed by atoms with E-state index in [2.05, 4.69) is 34.7 Å². The number of hydrogen-bond acceptors (Lipinski definition) is 5. The molecule has 0 N–H and O–H groups in total. The Morgan fingerprint density at radius 3 is 2.18 bits per heavy atom. The molecule has 1 aliphatic heterocycles. The van der Waals surface area contributed by atoms with Gasteiger partial charge in [0.05, 0.1) is 0 Å². The van der Waals surface area contributed by atoms with Gasteiger partial charge in [-0.1, -0.05) is 0 Å². The fraction of sp³-hybridized carbons (Fsp3) is 0.826. The van der Waals surface area contributed by atoms with Crippen LogP contribution < -0.4 is 0 Å². The Kier molecular flexibility index (Phi) is 8.47. The zero-order chi connectivity index (χ0) is 25.5. The minimum absolute atomic E-state index is 0.175. The van der Waals surface area contributed by atoms with Gasteiger partial charge in [-0.2, -0.15) is 0 Å². The van der Waals surface area contributed by atoms with E-state index in [1.807, 2.05) is 13.8 Å². The van der Waals surface area contributed by atoms with Crippen molar-refractivity contribution in [3.05, 3.63) is 21.5 Å². The van der Waals surface area contributed by atoms with Crippen LogP contribution in [0.25, 0.3) is 0 Å². The van der Waals surface area contributed by atoms with Crippen LogP contribution in [0.15, 0.2) is 21.5 Å². The zero-order valence-corrected chi connectivity index (χ0v) is 24.7.